The molecule has 1 aromatic rings. The molecular weight excluding hydrogens is 236 g/mol. The molecule has 0 spiro atoms. The molecule has 0 unspecified atom stereocenters. The number of rotatable bonds is 5. The summed E-state index contributed by atoms with van der Waals surface area (Å²) in [5.74, 6) is 1.54. The van der Waals surface area contributed by atoms with Gasteiger partial charge < -0.3 is 10.0 Å². The highest BCUT2D eigenvalue weighted by atomic mass is 35.5. The Balaban J connectivity index is 2.22. The standard InChI is InChI=1S/C13H19ClN2O/c1-9(2)7-16(10-3-4-10)13-6-5-11(14)12(8-17)15-13/h5-6,9-10,17H,3-4,7-8H2,1-2H3. The Morgan fingerprint density at radius 1 is 1.47 bits per heavy atom. The summed E-state index contributed by atoms with van der Waals surface area (Å²) in [6, 6.07) is 4.39. The van der Waals surface area contributed by atoms with E-state index < -0.39 is 0 Å². The van der Waals surface area contributed by atoms with Crippen LogP contribution in [0.3, 0.4) is 0 Å². The van der Waals surface area contributed by atoms with E-state index in [-0.39, 0.29) is 6.61 Å². The summed E-state index contributed by atoms with van der Waals surface area (Å²) in [6.45, 7) is 5.31. The number of aromatic nitrogens is 1. The Labute approximate surface area is 107 Å². The number of pyridine rings is 1. The fourth-order valence-corrected chi connectivity index (χ4v) is 2.12. The third-order valence-electron chi connectivity index (χ3n) is 2.90. The molecule has 1 aliphatic rings. The second kappa shape index (κ2) is 5.23. The quantitative estimate of drug-likeness (QED) is 0.878. The molecule has 1 aliphatic carbocycles. The average Bonchev–Trinajstić information content (AvgIpc) is 3.10. The Kier molecular flexibility index (Phi) is 3.89. The van der Waals surface area contributed by atoms with Crippen LogP contribution >= 0.6 is 11.6 Å². The molecule has 1 fully saturated rings. The van der Waals surface area contributed by atoms with Crippen molar-refractivity contribution in [2.45, 2.75) is 39.3 Å². The van der Waals surface area contributed by atoms with Gasteiger partial charge in [-0.05, 0) is 30.9 Å². The molecule has 0 amide bonds. The van der Waals surface area contributed by atoms with Crippen LogP contribution in [0.4, 0.5) is 5.82 Å². The zero-order valence-corrected chi connectivity index (χ0v) is 11.1. The van der Waals surface area contributed by atoms with Crippen molar-refractivity contribution < 1.29 is 5.11 Å². The van der Waals surface area contributed by atoms with Gasteiger partial charge in [0.25, 0.3) is 0 Å². The van der Waals surface area contributed by atoms with Crippen LogP contribution in [0, 0.1) is 5.92 Å². The lowest BCUT2D eigenvalue weighted by Gasteiger charge is -2.26. The molecule has 0 aliphatic heterocycles. The molecule has 0 bridgehead atoms. The van der Waals surface area contributed by atoms with Crippen LogP contribution in [0.2, 0.25) is 5.02 Å². The molecule has 0 radical (unpaired) electrons. The number of halogens is 1. The minimum absolute atomic E-state index is 0.104. The minimum atomic E-state index is -0.104. The first-order chi connectivity index (χ1) is 8.11. The van der Waals surface area contributed by atoms with Gasteiger partial charge in [0.15, 0.2) is 0 Å². The number of aliphatic hydroxyl groups is 1. The number of nitrogens with zero attached hydrogens (tertiary/aromatic N) is 2. The molecule has 4 heteroatoms. The smallest absolute Gasteiger partial charge is 0.129 e. The molecule has 17 heavy (non-hydrogen) atoms. The summed E-state index contributed by atoms with van der Waals surface area (Å²) in [5.41, 5.74) is 0.568. The van der Waals surface area contributed by atoms with E-state index in [2.05, 4.69) is 23.7 Å². The zero-order chi connectivity index (χ0) is 12.4. The molecule has 1 heterocycles. The lowest BCUT2D eigenvalue weighted by atomic mass is 10.2. The first-order valence-corrected chi connectivity index (χ1v) is 6.52. The van der Waals surface area contributed by atoms with Gasteiger partial charge in [0.1, 0.15) is 5.82 Å². The normalized spacial score (nSPS) is 15.4. The molecule has 94 valence electrons. The SMILES string of the molecule is CC(C)CN(c1ccc(Cl)c(CO)n1)C1CC1. The second-order valence-electron chi connectivity index (χ2n) is 5.03. The van der Waals surface area contributed by atoms with Gasteiger partial charge in [0, 0.05) is 12.6 Å². The van der Waals surface area contributed by atoms with Crippen LogP contribution in [0.15, 0.2) is 12.1 Å². The molecule has 0 saturated heterocycles. The maximum absolute atomic E-state index is 9.20. The van der Waals surface area contributed by atoms with Crippen molar-refractivity contribution in [1.29, 1.82) is 0 Å². The van der Waals surface area contributed by atoms with Gasteiger partial charge in [0.2, 0.25) is 0 Å². The van der Waals surface area contributed by atoms with Crippen molar-refractivity contribution in [2.75, 3.05) is 11.4 Å². The van der Waals surface area contributed by atoms with Gasteiger partial charge in [-0.3, -0.25) is 0 Å². The van der Waals surface area contributed by atoms with Crippen LogP contribution in [-0.2, 0) is 6.61 Å². The van der Waals surface area contributed by atoms with E-state index in [1.54, 1.807) is 0 Å². The molecule has 1 saturated carbocycles. The highest BCUT2D eigenvalue weighted by molar-refractivity contribution is 6.31. The van der Waals surface area contributed by atoms with E-state index in [0.29, 0.717) is 22.7 Å². The maximum Gasteiger partial charge on any atom is 0.129 e. The van der Waals surface area contributed by atoms with Crippen LogP contribution < -0.4 is 4.90 Å². The van der Waals surface area contributed by atoms with E-state index in [4.69, 9.17) is 11.6 Å². The Morgan fingerprint density at radius 2 is 2.18 bits per heavy atom. The van der Waals surface area contributed by atoms with E-state index >= 15 is 0 Å². The average molecular weight is 255 g/mol. The molecule has 1 N–H and O–H groups in total. The van der Waals surface area contributed by atoms with Crippen molar-refractivity contribution in [1.82, 2.24) is 4.98 Å². The van der Waals surface area contributed by atoms with Gasteiger partial charge >= 0.3 is 0 Å². The van der Waals surface area contributed by atoms with Gasteiger partial charge in [0.05, 0.1) is 17.3 Å². The van der Waals surface area contributed by atoms with Gasteiger partial charge in [-0.25, -0.2) is 4.98 Å². The lowest BCUT2D eigenvalue weighted by molar-refractivity contribution is 0.277. The molecular formula is C13H19ClN2O. The third-order valence-corrected chi connectivity index (χ3v) is 3.24. The van der Waals surface area contributed by atoms with E-state index in [0.717, 1.165) is 12.4 Å². The Bertz CT molecular complexity index is 391. The fourth-order valence-electron chi connectivity index (χ4n) is 1.95. The fraction of sp³-hybridized carbons (Fsp3) is 0.615. The van der Waals surface area contributed by atoms with Crippen LogP contribution in [0.5, 0.6) is 0 Å². The topological polar surface area (TPSA) is 36.4 Å². The largest absolute Gasteiger partial charge is 0.390 e. The van der Waals surface area contributed by atoms with Crippen LogP contribution in [-0.4, -0.2) is 22.7 Å². The first-order valence-electron chi connectivity index (χ1n) is 6.14. The van der Waals surface area contributed by atoms with Crippen LogP contribution in [0.1, 0.15) is 32.4 Å². The van der Waals surface area contributed by atoms with Crippen molar-refractivity contribution in [3.05, 3.63) is 22.8 Å². The summed E-state index contributed by atoms with van der Waals surface area (Å²) < 4.78 is 0. The predicted molar refractivity (Wildman–Crippen MR) is 70.4 cm³/mol. The molecule has 2 rings (SSSR count). The Morgan fingerprint density at radius 3 is 2.71 bits per heavy atom. The molecule has 3 nitrogen and oxygen atoms in total. The number of hydrogen-bond acceptors (Lipinski definition) is 3. The van der Waals surface area contributed by atoms with Crippen molar-refractivity contribution >= 4 is 17.4 Å². The summed E-state index contributed by atoms with van der Waals surface area (Å²) in [5, 5.41) is 9.73. The first kappa shape index (κ1) is 12.7. The van der Waals surface area contributed by atoms with Crippen molar-refractivity contribution in [2.24, 2.45) is 5.92 Å². The second-order valence-corrected chi connectivity index (χ2v) is 5.44. The van der Waals surface area contributed by atoms with E-state index in [9.17, 15) is 5.11 Å². The third kappa shape index (κ3) is 3.11. The van der Waals surface area contributed by atoms with Gasteiger partial charge in [-0.15, -0.1) is 0 Å². The number of aliphatic hydroxyl groups excluding tert-OH is 1. The predicted octanol–water partition coefficient (Wildman–Crippen LogP) is 2.85. The summed E-state index contributed by atoms with van der Waals surface area (Å²) in [7, 11) is 0. The highest BCUT2D eigenvalue weighted by Gasteiger charge is 2.30. The summed E-state index contributed by atoms with van der Waals surface area (Å²) in [6.07, 6.45) is 2.48. The molecule has 0 aromatic carbocycles. The molecule has 0 atom stereocenters. The minimum Gasteiger partial charge on any atom is -0.390 e. The molecule has 1 aromatic heterocycles. The van der Waals surface area contributed by atoms with Gasteiger partial charge in [-0.2, -0.15) is 0 Å². The van der Waals surface area contributed by atoms with E-state index in [1.807, 2.05) is 12.1 Å². The summed E-state index contributed by atoms with van der Waals surface area (Å²) in [4.78, 5) is 6.78. The number of anilines is 1. The lowest BCUT2D eigenvalue weighted by Crippen LogP contribution is -2.30. The van der Waals surface area contributed by atoms with E-state index in [1.165, 1.54) is 12.8 Å². The summed E-state index contributed by atoms with van der Waals surface area (Å²) >= 11 is 5.96. The zero-order valence-electron chi connectivity index (χ0n) is 10.4. The van der Waals surface area contributed by atoms with Crippen molar-refractivity contribution in [3.8, 4) is 0 Å². The van der Waals surface area contributed by atoms with Gasteiger partial charge in [-0.1, -0.05) is 25.4 Å². The highest BCUT2D eigenvalue weighted by Crippen LogP contribution is 2.32. The monoisotopic (exact) mass is 254 g/mol. The van der Waals surface area contributed by atoms with Crippen LogP contribution in [0.25, 0.3) is 0 Å². The Hall–Kier alpha value is -0.800. The van der Waals surface area contributed by atoms with Crippen molar-refractivity contribution in [3.63, 3.8) is 0 Å². The maximum atomic E-state index is 9.20. The number of hydrogen-bond donors (Lipinski definition) is 1.